The summed E-state index contributed by atoms with van der Waals surface area (Å²) in [4.78, 5) is 9.74. The fraction of sp³-hybridized carbons (Fsp3) is 0.455. The first kappa shape index (κ1) is 16.5. The molecule has 1 aromatic carbocycles. The van der Waals surface area contributed by atoms with Crippen LogP contribution in [0, 0.1) is 17.0 Å². The summed E-state index contributed by atoms with van der Waals surface area (Å²) >= 11 is 0. The Balaban J connectivity index is 3.28. The molecule has 112 valence electrons. The van der Waals surface area contributed by atoms with Crippen molar-refractivity contribution in [3.63, 3.8) is 0 Å². The van der Waals surface area contributed by atoms with Crippen molar-refractivity contribution in [1.29, 1.82) is 0 Å². The van der Waals surface area contributed by atoms with E-state index in [2.05, 4.69) is 4.72 Å². The molecule has 20 heavy (non-hydrogen) atoms. The zero-order valence-electron chi connectivity index (χ0n) is 11.0. The minimum Gasteiger partial charge on any atom is -0.394 e. The second kappa shape index (κ2) is 5.83. The number of sulfonamides is 1. The smallest absolute Gasteiger partial charge is 0.270 e. The lowest BCUT2D eigenvalue weighted by Gasteiger charge is -2.26. The van der Waals surface area contributed by atoms with Gasteiger partial charge < -0.3 is 10.2 Å². The second-order valence-electron chi connectivity index (χ2n) is 4.69. The molecule has 9 heteroatoms. The Hall–Kier alpha value is -1.55. The molecule has 1 rings (SSSR count). The highest BCUT2D eigenvalue weighted by Gasteiger charge is 2.31. The first-order chi connectivity index (χ1) is 9.15. The van der Waals surface area contributed by atoms with Crippen molar-refractivity contribution in [3.05, 3.63) is 33.9 Å². The molecule has 0 amide bonds. The van der Waals surface area contributed by atoms with E-state index in [-0.39, 0.29) is 10.6 Å². The molecule has 1 aromatic rings. The van der Waals surface area contributed by atoms with Crippen LogP contribution >= 0.6 is 0 Å². The van der Waals surface area contributed by atoms with Gasteiger partial charge in [-0.25, -0.2) is 13.1 Å². The number of hydrogen-bond acceptors (Lipinski definition) is 6. The molecule has 0 aliphatic rings. The normalized spacial score (nSPS) is 12.4. The molecule has 0 unspecified atom stereocenters. The number of aliphatic hydroxyl groups is 2. The third-order valence-electron chi connectivity index (χ3n) is 2.75. The van der Waals surface area contributed by atoms with Gasteiger partial charge in [0.05, 0.1) is 28.6 Å². The summed E-state index contributed by atoms with van der Waals surface area (Å²) in [7, 11) is -4.10. The van der Waals surface area contributed by atoms with E-state index < -0.39 is 33.7 Å². The highest BCUT2D eigenvalue weighted by atomic mass is 32.2. The molecule has 0 aliphatic carbocycles. The minimum absolute atomic E-state index is 0.264. The third kappa shape index (κ3) is 3.51. The maximum atomic E-state index is 12.2. The highest BCUT2D eigenvalue weighted by Crippen LogP contribution is 2.22. The number of nitrogens with zero attached hydrogens (tertiary/aromatic N) is 1. The molecule has 0 aliphatic heterocycles. The van der Waals surface area contributed by atoms with Crippen LogP contribution < -0.4 is 4.72 Å². The van der Waals surface area contributed by atoms with Crippen molar-refractivity contribution in [3.8, 4) is 0 Å². The maximum absolute atomic E-state index is 12.2. The molecule has 0 saturated heterocycles. The summed E-state index contributed by atoms with van der Waals surface area (Å²) in [5.41, 5.74) is -1.48. The number of hydrogen-bond donors (Lipinski definition) is 3. The zero-order valence-corrected chi connectivity index (χ0v) is 11.8. The monoisotopic (exact) mass is 304 g/mol. The van der Waals surface area contributed by atoms with Gasteiger partial charge in [-0.05, 0) is 19.4 Å². The quantitative estimate of drug-likeness (QED) is 0.498. The lowest BCUT2D eigenvalue weighted by Crippen LogP contribution is -2.51. The van der Waals surface area contributed by atoms with Crippen LogP contribution in [0.1, 0.15) is 12.5 Å². The number of nitrogens with one attached hydrogen (secondary N) is 1. The highest BCUT2D eigenvalue weighted by molar-refractivity contribution is 7.89. The number of benzene rings is 1. The SMILES string of the molecule is Cc1ccc([N+](=O)[O-])cc1S(=O)(=O)NC(C)(CO)CO. The van der Waals surface area contributed by atoms with Crippen LogP contribution in [0.15, 0.2) is 23.1 Å². The van der Waals surface area contributed by atoms with Gasteiger partial charge >= 0.3 is 0 Å². The largest absolute Gasteiger partial charge is 0.394 e. The standard InChI is InChI=1S/C11H16N2O6S/c1-8-3-4-9(13(16)17)5-10(8)20(18,19)12-11(2,6-14)7-15/h3-5,12,14-15H,6-7H2,1-2H3. The first-order valence-electron chi connectivity index (χ1n) is 5.66. The van der Waals surface area contributed by atoms with Gasteiger partial charge in [0.1, 0.15) is 0 Å². The van der Waals surface area contributed by atoms with Gasteiger partial charge in [-0.1, -0.05) is 6.07 Å². The predicted molar refractivity (Wildman–Crippen MR) is 70.7 cm³/mol. The number of nitro benzene ring substituents is 1. The third-order valence-corrected chi connectivity index (χ3v) is 4.53. The van der Waals surface area contributed by atoms with Crippen LogP contribution in [-0.2, 0) is 10.0 Å². The first-order valence-corrected chi connectivity index (χ1v) is 7.14. The summed E-state index contributed by atoms with van der Waals surface area (Å²) in [5, 5.41) is 28.9. The van der Waals surface area contributed by atoms with Gasteiger partial charge in [0.25, 0.3) is 5.69 Å². The van der Waals surface area contributed by atoms with Crippen LogP contribution in [-0.4, -0.2) is 42.3 Å². The van der Waals surface area contributed by atoms with Crippen LogP contribution in [0.5, 0.6) is 0 Å². The summed E-state index contributed by atoms with van der Waals surface area (Å²) in [6.45, 7) is 1.58. The lowest BCUT2D eigenvalue weighted by atomic mass is 10.1. The number of rotatable bonds is 6. The Morgan fingerprint density at radius 2 is 1.90 bits per heavy atom. The van der Waals surface area contributed by atoms with Crippen LogP contribution in [0.3, 0.4) is 0 Å². The molecule has 0 spiro atoms. The van der Waals surface area contributed by atoms with Gasteiger partial charge in [0.15, 0.2) is 0 Å². The van der Waals surface area contributed by atoms with E-state index in [0.717, 1.165) is 6.07 Å². The van der Waals surface area contributed by atoms with Gasteiger partial charge in [-0.15, -0.1) is 0 Å². The Bertz CT molecular complexity index is 609. The summed E-state index contributed by atoms with van der Waals surface area (Å²) in [6.07, 6.45) is 0. The Morgan fingerprint density at radius 3 is 2.35 bits per heavy atom. The predicted octanol–water partition coefficient (Wildman–Crippen LogP) is -0.0752. The lowest BCUT2D eigenvalue weighted by molar-refractivity contribution is -0.385. The fourth-order valence-corrected chi connectivity index (χ4v) is 3.14. The molecule has 0 radical (unpaired) electrons. The van der Waals surface area contributed by atoms with Crippen molar-refractivity contribution < 1.29 is 23.6 Å². The van der Waals surface area contributed by atoms with E-state index in [1.807, 2.05) is 0 Å². The van der Waals surface area contributed by atoms with Crippen molar-refractivity contribution >= 4 is 15.7 Å². The molecular formula is C11H16N2O6S. The molecule has 0 atom stereocenters. The van der Waals surface area contributed by atoms with Crippen molar-refractivity contribution in [2.24, 2.45) is 0 Å². The topological polar surface area (TPSA) is 130 Å². The van der Waals surface area contributed by atoms with Gasteiger partial charge in [-0.2, -0.15) is 0 Å². The summed E-state index contributed by atoms with van der Waals surface area (Å²) in [6, 6.07) is 3.46. The minimum atomic E-state index is -4.10. The molecule has 0 fully saturated rings. The molecule has 0 bridgehead atoms. The number of aryl methyl sites for hydroxylation is 1. The van der Waals surface area contributed by atoms with Gasteiger partial charge in [0, 0.05) is 12.1 Å². The zero-order chi connectivity index (χ0) is 15.6. The average molecular weight is 304 g/mol. The van der Waals surface area contributed by atoms with E-state index in [1.165, 1.54) is 26.0 Å². The number of non-ortho nitro benzene ring substituents is 1. The van der Waals surface area contributed by atoms with Crippen LogP contribution in [0.2, 0.25) is 0 Å². The molecule has 3 N–H and O–H groups in total. The van der Waals surface area contributed by atoms with E-state index in [1.54, 1.807) is 0 Å². The number of aliphatic hydroxyl groups excluding tert-OH is 2. The molecular weight excluding hydrogens is 288 g/mol. The summed E-state index contributed by atoms with van der Waals surface area (Å²) < 4.78 is 26.6. The Labute approximate surface area is 116 Å². The van der Waals surface area contributed by atoms with Crippen molar-refractivity contribution in [2.45, 2.75) is 24.3 Å². The summed E-state index contributed by atoms with van der Waals surface area (Å²) in [5.74, 6) is 0. The average Bonchev–Trinajstić information content (AvgIpc) is 2.38. The van der Waals surface area contributed by atoms with E-state index in [0.29, 0.717) is 5.56 Å². The van der Waals surface area contributed by atoms with Crippen molar-refractivity contribution in [2.75, 3.05) is 13.2 Å². The molecule has 0 aromatic heterocycles. The second-order valence-corrected chi connectivity index (χ2v) is 6.34. The molecule has 0 heterocycles. The van der Waals surface area contributed by atoms with Gasteiger partial charge in [-0.3, -0.25) is 10.1 Å². The van der Waals surface area contributed by atoms with Crippen LogP contribution in [0.25, 0.3) is 0 Å². The van der Waals surface area contributed by atoms with E-state index >= 15 is 0 Å². The Morgan fingerprint density at radius 1 is 1.35 bits per heavy atom. The Kier molecular flexibility index (Phi) is 4.81. The van der Waals surface area contributed by atoms with E-state index in [9.17, 15) is 18.5 Å². The molecule has 0 saturated carbocycles. The number of nitro groups is 1. The molecule has 8 nitrogen and oxygen atoms in total. The van der Waals surface area contributed by atoms with Crippen LogP contribution in [0.4, 0.5) is 5.69 Å². The van der Waals surface area contributed by atoms with E-state index in [4.69, 9.17) is 10.2 Å². The van der Waals surface area contributed by atoms with Gasteiger partial charge in [0.2, 0.25) is 10.0 Å². The fourth-order valence-electron chi connectivity index (χ4n) is 1.49. The van der Waals surface area contributed by atoms with Crippen molar-refractivity contribution in [1.82, 2.24) is 4.72 Å². The maximum Gasteiger partial charge on any atom is 0.270 e.